The Hall–Kier alpha value is -1.27. The Bertz CT molecular complexity index is 594. The SMILES string of the molecule is CCC1=C(CC)C[C-]=C1.Cl.Cl.[C-]1=CC=CC1.[CH2]=[Zr].[c-]1ccccc1.[c-]1ccccc1. The summed E-state index contributed by atoms with van der Waals surface area (Å²) in [7, 11) is 0. The molecule has 0 saturated carbocycles. The van der Waals surface area contributed by atoms with Crippen LogP contribution in [0.1, 0.15) is 39.5 Å². The van der Waals surface area contributed by atoms with Crippen molar-refractivity contribution in [3.8, 4) is 0 Å². The van der Waals surface area contributed by atoms with Crippen LogP contribution in [0.5, 0.6) is 0 Å². The third-order valence-corrected chi connectivity index (χ3v) is 3.65. The summed E-state index contributed by atoms with van der Waals surface area (Å²) in [5.74, 6) is 0. The Kier molecular flexibility index (Phi) is 30.9. The second kappa shape index (κ2) is 27.7. The van der Waals surface area contributed by atoms with Gasteiger partial charge in [-0.1, -0.05) is 26.7 Å². The number of rotatable bonds is 2. The van der Waals surface area contributed by atoms with E-state index in [2.05, 4.69) is 54.5 Å². The van der Waals surface area contributed by atoms with Gasteiger partial charge < -0.3 is 0 Å². The van der Waals surface area contributed by atoms with Gasteiger partial charge in [0.05, 0.1) is 0 Å². The Labute approximate surface area is 212 Å². The largest absolute Gasteiger partial charge is 0.184 e. The third kappa shape index (κ3) is 20.0. The number of benzene rings is 2. The predicted octanol–water partition coefficient (Wildman–Crippen LogP) is 7.95. The van der Waals surface area contributed by atoms with Crippen LogP contribution < -0.4 is 0 Å². The van der Waals surface area contributed by atoms with Gasteiger partial charge in [-0.15, -0.1) is 37.7 Å². The molecule has 0 unspecified atom stereocenters. The van der Waals surface area contributed by atoms with Crippen molar-refractivity contribution in [3.63, 3.8) is 0 Å². The minimum absolute atomic E-state index is 0. The molecule has 3 heteroatoms. The first-order valence-electron chi connectivity index (χ1n) is 9.55. The molecular weight excluding hydrogens is 486 g/mol. The fraction of sp³-hybridized carbons (Fsp3) is 0.222. The van der Waals surface area contributed by atoms with Crippen molar-refractivity contribution >= 4 is 29.0 Å². The van der Waals surface area contributed by atoms with Crippen LogP contribution in [0.4, 0.5) is 0 Å². The van der Waals surface area contributed by atoms with Crippen molar-refractivity contribution in [2.24, 2.45) is 0 Å². The fourth-order valence-electron chi connectivity index (χ4n) is 2.24. The van der Waals surface area contributed by atoms with Gasteiger partial charge in [-0.25, -0.2) is 18.2 Å². The van der Waals surface area contributed by atoms with Crippen molar-refractivity contribution in [1.29, 1.82) is 0 Å². The first-order valence-corrected chi connectivity index (χ1v) is 11.3. The molecule has 162 valence electrons. The van der Waals surface area contributed by atoms with Gasteiger partial charge in [0.25, 0.3) is 0 Å². The van der Waals surface area contributed by atoms with Crippen LogP contribution in [-0.2, 0) is 24.2 Å². The molecule has 0 amide bonds. The molecule has 0 nitrogen and oxygen atoms in total. The van der Waals surface area contributed by atoms with E-state index in [1.165, 1.54) is 42.7 Å². The molecule has 0 atom stereocenters. The van der Waals surface area contributed by atoms with E-state index < -0.39 is 0 Å². The zero-order valence-corrected chi connectivity index (χ0v) is 22.0. The molecule has 0 bridgehead atoms. The molecule has 4 rings (SSSR count). The fourth-order valence-corrected chi connectivity index (χ4v) is 2.24. The molecule has 0 radical (unpaired) electrons. The molecule has 0 fully saturated rings. The molecule has 2 aromatic rings. The summed E-state index contributed by atoms with van der Waals surface area (Å²) in [6.07, 6.45) is 18.8. The van der Waals surface area contributed by atoms with Gasteiger partial charge in [-0.05, 0) is 0 Å². The van der Waals surface area contributed by atoms with E-state index in [1.54, 1.807) is 5.57 Å². The van der Waals surface area contributed by atoms with Crippen LogP contribution in [0.15, 0.2) is 96.1 Å². The predicted molar refractivity (Wildman–Crippen MR) is 134 cm³/mol. The van der Waals surface area contributed by atoms with Crippen LogP contribution >= 0.6 is 24.8 Å². The average Bonchev–Trinajstić information content (AvgIpc) is 3.53. The normalized spacial score (nSPS) is 11.5. The molecule has 0 aromatic heterocycles. The summed E-state index contributed by atoms with van der Waals surface area (Å²) in [5.41, 5.74) is 3.09. The van der Waals surface area contributed by atoms with Crippen molar-refractivity contribution in [1.82, 2.24) is 0 Å². The Morgan fingerprint density at radius 2 is 1.33 bits per heavy atom. The van der Waals surface area contributed by atoms with E-state index in [4.69, 9.17) is 0 Å². The third-order valence-electron chi connectivity index (χ3n) is 3.65. The molecule has 2 aliphatic rings. The smallest absolute Gasteiger partial charge is 0.171 e. The van der Waals surface area contributed by atoms with E-state index in [0.717, 1.165) is 12.8 Å². The summed E-state index contributed by atoms with van der Waals surface area (Å²) in [5, 5.41) is 0. The van der Waals surface area contributed by atoms with Crippen LogP contribution in [0.25, 0.3) is 0 Å². The van der Waals surface area contributed by atoms with Crippen molar-refractivity contribution in [2.75, 3.05) is 0 Å². The number of hydrogen-bond donors (Lipinski definition) is 0. The maximum Gasteiger partial charge on any atom is -0.171 e. The Morgan fingerprint density at radius 1 is 0.800 bits per heavy atom. The van der Waals surface area contributed by atoms with E-state index in [1.807, 2.05) is 72.8 Å². The second-order valence-electron chi connectivity index (χ2n) is 5.52. The van der Waals surface area contributed by atoms with Gasteiger partial charge in [-0.2, -0.15) is 90.0 Å². The molecule has 0 heterocycles. The summed E-state index contributed by atoms with van der Waals surface area (Å²) in [6, 6.07) is 25.0. The number of hydrogen-bond acceptors (Lipinski definition) is 0. The van der Waals surface area contributed by atoms with Crippen LogP contribution in [-0.4, -0.2) is 4.21 Å². The van der Waals surface area contributed by atoms with Gasteiger partial charge in [0, 0.05) is 0 Å². The summed E-state index contributed by atoms with van der Waals surface area (Å²) >= 11 is 1.30. The molecule has 0 spiro atoms. The molecule has 2 aliphatic carbocycles. The Balaban J connectivity index is -0.000000314. The Morgan fingerprint density at radius 3 is 1.53 bits per heavy atom. The quantitative estimate of drug-likeness (QED) is 0.354. The topological polar surface area (TPSA) is 0 Å². The number of allylic oxidation sites excluding steroid dienone is 8. The summed E-state index contributed by atoms with van der Waals surface area (Å²) < 4.78 is 3.34. The second-order valence-corrected chi connectivity index (χ2v) is 5.52. The van der Waals surface area contributed by atoms with E-state index in [-0.39, 0.29) is 24.8 Å². The van der Waals surface area contributed by atoms with Crippen molar-refractivity contribution < 1.29 is 24.2 Å². The molecule has 0 saturated heterocycles. The van der Waals surface area contributed by atoms with Gasteiger partial charge in [0.15, 0.2) is 0 Å². The zero-order chi connectivity index (χ0) is 20.7. The molecule has 0 N–H and O–H groups in total. The standard InChI is InChI=1S/C9H13.2C6H5.C5H5.CH2.2ClH.Zr/c1-3-8-6-5-7-9(8)4-2;2*1-2-4-6-5-3-1;1-2-4-5-3-1;;;;/h6H,3-4,7H2,1-2H3;2*1-5H;1-3H,4H2;1H2;2*1H;/q4*-1;;;;. The minimum atomic E-state index is 0. The molecule has 2 aromatic carbocycles. The van der Waals surface area contributed by atoms with E-state index >= 15 is 0 Å². The maximum absolute atomic E-state index is 3.34. The average molecular weight is 519 g/mol. The van der Waals surface area contributed by atoms with Crippen molar-refractivity contribution in [3.05, 3.63) is 120 Å². The maximum atomic E-state index is 3.34. The molecular formula is C27H32Cl2Zr-4. The van der Waals surface area contributed by atoms with Crippen molar-refractivity contribution in [2.45, 2.75) is 39.5 Å². The van der Waals surface area contributed by atoms with E-state index in [9.17, 15) is 0 Å². The van der Waals surface area contributed by atoms with Gasteiger partial charge in [0.1, 0.15) is 0 Å². The molecule has 30 heavy (non-hydrogen) atoms. The first kappa shape index (κ1) is 33.4. The monoisotopic (exact) mass is 516 g/mol. The van der Waals surface area contributed by atoms with Gasteiger partial charge >= 0.3 is 28.4 Å². The van der Waals surface area contributed by atoms with E-state index in [0.29, 0.717) is 0 Å². The minimum Gasteiger partial charge on any atom is -0.184 e. The van der Waals surface area contributed by atoms with Gasteiger partial charge in [-0.3, -0.25) is 12.2 Å². The van der Waals surface area contributed by atoms with Crippen LogP contribution in [0, 0.1) is 24.3 Å². The molecule has 0 aliphatic heterocycles. The number of halogens is 2. The summed E-state index contributed by atoms with van der Waals surface area (Å²) in [4.78, 5) is 0. The van der Waals surface area contributed by atoms with Crippen LogP contribution in [0.3, 0.4) is 0 Å². The zero-order valence-electron chi connectivity index (χ0n) is 17.9. The summed E-state index contributed by atoms with van der Waals surface area (Å²) in [6.45, 7) is 4.42. The van der Waals surface area contributed by atoms with Gasteiger partial charge in [0.2, 0.25) is 0 Å². The first-order chi connectivity index (χ1) is 13.9. The van der Waals surface area contributed by atoms with Crippen LogP contribution in [0.2, 0.25) is 0 Å².